The molecule has 2 fully saturated rings. The molecule has 3 aromatic carbocycles. The van der Waals surface area contributed by atoms with Gasteiger partial charge in [-0.1, -0.05) is 48.5 Å². The number of piperidine rings is 1. The van der Waals surface area contributed by atoms with E-state index in [1.165, 1.54) is 21.9 Å². The molecule has 5 heteroatoms. The standard InChI is InChI=1S/C26H29NO4/c1-2-4-22-15-19(5-6-20(22)3-1)17-31-25-16-27-12-11-24(25)21-7-9-23(10-8-21)30-18-26-28-13-14-29-26/h1-10,15,24-27H,11-14,16-18H2. The van der Waals surface area contributed by atoms with Gasteiger partial charge < -0.3 is 24.3 Å². The third kappa shape index (κ3) is 5.08. The topological polar surface area (TPSA) is 49.0 Å². The average Bonchev–Trinajstić information content (AvgIpc) is 3.36. The van der Waals surface area contributed by atoms with E-state index >= 15 is 0 Å². The van der Waals surface area contributed by atoms with Gasteiger partial charge in [-0.05, 0) is 53.1 Å². The van der Waals surface area contributed by atoms with Gasteiger partial charge in [0.1, 0.15) is 12.4 Å². The van der Waals surface area contributed by atoms with Crippen LogP contribution in [0, 0.1) is 0 Å². The zero-order chi connectivity index (χ0) is 20.9. The van der Waals surface area contributed by atoms with Crippen molar-refractivity contribution < 1.29 is 18.9 Å². The molecule has 3 aromatic rings. The SMILES string of the molecule is c1ccc2cc(COC3CNCCC3c3ccc(OCC4OCCO4)cc3)ccc2c1. The minimum Gasteiger partial charge on any atom is -0.488 e. The fourth-order valence-electron chi connectivity index (χ4n) is 4.40. The Morgan fingerprint density at radius 3 is 2.55 bits per heavy atom. The van der Waals surface area contributed by atoms with E-state index < -0.39 is 0 Å². The Morgan fingerprint density at radius 2 is 1.71 bits per heavy atom. The van der Waals surface area contributed by atoms with Crippen LogP contribution in [0.15, 0.2) is 66.7 Å². The second-order valence-electron chi connectivity index (χ2n) is 8.18. The van der Waals surface area contributed by atoms with E-state index in [4.69, 9.17) is 18.9 Å². The lowest BCUT2D eigenvalue weighted by Gasteiger charge is -2.32. The molecule has 5 rings (SSSR count). The Bertz CT molecular complexity index is 984. The lowest BCUT2D eigenvalue weighted by molar-refractivity contribution is -0.0684. The number of hydrogen-bond donors (Lipinski definition) is 1. The van der Waals surface area contributed by atoms with Crippen LogP contribution in [0.3, 0.4) is 0 Å². The Balaban J connectivity index is 1.21. The second kappa shape index (κ2) is 9.79. The summed E-state index contributed by atoms with van der Waals surface area (Å²) in [5.41, 5.74) is 2.51. The summed E-state index contributed by atoms with van der Waals surface area (Å²) >= 11 is 0. The third-order valence-electron chi connectivity index (χ3n) is 6.09. The molecule has 2 atom stereocenters. The maximum atomic E-state index is 6.40. The molecule has 2 saturated heterocycles. The van der Waals surface area contributed by atoms with Crippen molar-refractivity contribution in [3.63, 3.8) is 0 Å². The molecule has 31 heavy (non-hydrogen) atoms. The highest BCUT2D eigenvalue weighted by Gasteiger charge is 2.27. The molecule has 0 aliphatic carbocycles. The summed E-state index contributed by atoms with van der Waals surface area (Å²) in [5.74, 6) is 1.21. The van der Waals surface area contributed by atoms with E-state index in [1.807, 2.05) is 12.1 Å². The lowest BCUT2D eigenvalue weighted by atomic mass is 9.87. The Morgan fingerprint density at radius 1 is 0.903 bits per heavy atom. The zero-order valence-electron chi connectivity index (χ0n) is 17.7. The smallest absolute Gasteiger partial charge is 0.191 e. The molecule has 0 bridgehead atoms. The van der Waals surface area contributed by atoms with Gasteiger partial charge in [-0.15, -0.1) is 0 Å². The Kier molecular flexibility index (Phi) is 6.46. The van der Waals surface area contributed by atoms with Crippen LogP contribution >= 0.6 is 0 Å². The molecule has 0 aromatic heterocycles. The van der Waals surface area contributed by atoms with Gasteiger partial charge in [-0.3, -0.25) is 0 Å². The monoisotopic (exact) mass is 419 g/mol. The predicted molar refractivity (Wildman–Crippen MR) is 120 cm³/mol. The molecule has 0 radical (unpaired) electrons. The first-order valence-electron chi connectivity index (χ1n) is 11.1. The molecule has 2 aliphatic heterocycles. The highest BCUT2D eigenvalue weighted by atomic mass is 16.7. The summed E-state index contributed by atoms with van der Waals surface area (Å²) in [7, 11) is 0. The van der Waals surface area contributed by atoms with Crippen molar-refractivity contribution >= 4 is 10.8 Å². The van der Waals surface area contributed by atoms with E-state index in [-0.39, 0.29) is 12.4 Å². The van der Waals surface area contributed by atoms with Crippen molar-refractivity contribution in [2.75, 3.05) is 32.9 Å². The summed E-state index contributed by atoms with van der Waals surface area (Å²) in [4.78, 5) is 0. The fraction of sp³-hybridized carbons (Fsp3) is 0.385. The summed E-state index contributed by atoms with van der Waals surface area (Å²) < 4.78 is 23.1. The van der Waals surface area contributed by atoms with Crippen LogP contribution in [-0.4, -0.2) is 45.3 Å². The van der Waals surface area contributed by atoms with Crippen molar-refractivity contribution in [1.82, 2.24) is 5.32 Å². The van der Waals surface area contributed by atoms with Crippen LogP contribution in [0.2, 0.25) is 0 Å². The van der Waals surface area contributed by atoms with Crippen molar-refractivity contribution in [3.8, 4) is 5.75 Å². The van der Waals surface area contributed by atoms with Gasteiger partial charge in [0, 0.05) is 12.5 Å². The summed E-state index contributed by atoms with van der Waals surface area (Å²) in [5, 5.41) is 6.00. The lowest BCUT2D eigenvalue weighted by Crippen LogP contribution is -2.40. The van der Waals surface area contributed by atoms with E-state index in [9.17, 15) is 0 Å². The van der Waals surface area contributed by atoms with Gasteiger partial charge in [-0.25, -0.2) is 0 Å². The highest BCUT2D eigenvalue weighted by Crippen LogP contribution is 2.30. The predicted octanol–water partition coefficient (Wildman–Crippen LogP) is 4.25. The van der Waals surface area contributed by atoms with Crippen LogP contribution in [0.5, 0.6) is 5.75 Å². The van der Waals surface area contributed by atoms with Gasteiger partial charge >= 0.3 is 0 Å². The van der Waals surface area contributed by atoms with Crippen molar-refractivity contribution in [2.45, 2.75) is 31.3 Å². The maximum Gasteiger partial charge on any atom is 0.191 e. The van der Waals surface area contributed by atoms with E-state index in [0.717, 1.165) is 25.3 Å². The van der Waals surface area contributed by atoms with Gasteiger partial charge in [-0.2, -0.15) is 0 Å². The fourth-order valence-corrected chi connectivity index (χ4v) is 4.40. The van der Waals surface area contributed by atoms with Gasteiger partial charge in [0.05, 0.1) is 25.9 Å². The van der Waals surface area contributed by atoms with E-state index in [1.54, 1.807) is 0 Å². The molecule has 0 spiro atoms. The van der Waals surface area contributed by atoms with Crippen LogP contribution in [0.4, 0.5) is 0 Å². The quantitative estimate of drug-likeness (QED) is 0.620. The minimum atomic E-state index is -0.253. The molecule has 2 unspecified atom stereocenters. The first-order valence-corrected chi connectivity index (χ1v) is 11.1. The molecule has 2 aliphatic rings. The van der Waals surface area contributed by atoms with Crippen molar-refractivity contribution in [2.24, 2.45) is 0 Å². The van der Waals surface area contributed by atoms with E-state index in [0.29, 0.717) is 32.3 Å². The number of nitrogens with one attached hydrogen (secondary N) is 1. The van der Waals surface area contributed by atoms with Gasteiger partial charge in [0.2, 0.25) is 0 Å². The summed E-state index contributed by atoms with van der Waals surface area (Å²) in [6.45, 7) is 4.20. The zero-order valence-corrected chi connectivity index (χ0v) is 17.7. The first kappa shape index (κ1) is 20.5. The normalized spacial score (nSPS) is 22.1. The Labute approximate surface area is 183 Å². The number of benzene rings is 3. The minimum absolute atomic E-state index is 0.146. The van der Waals surface area contributed by atoms with Crippen molar-refractivity contribution in [3.05, 3.63) is 77.9 Å². The number of rotatable bonds is 7. The van der Waals surface area contributed by atoms with Gasteiger partial charge in [0.25, 0.3) is 0 Å². The highest BCUT2D eigenvalue weighted by molar-refractivity contribution is 5.82. The summed E-state index contributed by atoms with van der Waals surface area (Å²) in [6.07, 6.45) is 0.955. The molecule has 0 saturated carbocycles. The largest absolute Gasteiger partial charge is 0.488 e. The maximum absolute atomic E-state index is 6.40. The number of hydrogen-bond acceptors (Lipinski definition) is 5. The van der Waals surface area contributed by atoms with Gasteiger partial charge in [0.15, 0.2) is 6.29 Å². The summed E-state index contributed by atoms with van der Waals surface area (Å²) in [6, 6.07) is 23.4. The van der Waals surface area contributed by atoms with Crippen molar-refractivity contribution in [1.29, 1.82) is 0 Å². The molecule has 162 valence electrons. The average molecular weight is 420 g/mol. The third-order valence-corrected chi connectivity index (χ3v) is 6.09. The second-order valence-corrected chi connectivity index (χ2v) is 8.18. The van der Waals surface area contributed by atoms with Crippen LogP contribution in [0.1, 0.15) is 23.5 Å². The van der Waals surface area contributed by atoms with Crippen LogP contribution in [0.25, 0.3) is 10.8 Å². The molecular formula is C26H29NO4. The Hall–Kier alpha value is -2.44. The van der Waals surface area contributed by atoms with Crippen LogP contribution in [-0.2, 0) is 20.8 Å². The molecular weight excluding hydrogens is 390 g/mol. The molecule has 1 N–H and O–H groups in total. The number of ether oxygens (including phenoxy) is 4. The number of fused-ring (bicyclic) bond motifs is 1. The van der Waals surface area contributed by atoms with E-state index in [2.05, 4.69) is 59.9 Å². The molecule has 2 heterocycles. The molecule has 0 amide bonds. The molecule has 5 nitrogen and oxygen atoms in total. The first-order chi connectivity index (χ1) is 15.3. The van der Waals surface area contributed by atoms with Crippen LogP contribution < -0.4 is 10.1 Å².